The Kier molecular flexibility index (Phi) is 5.12. The van der Waals surface area contributed by atoms with Crippen LogP contribution in [0.3, 0.4) is 0 Å². The van der Waals surface area contributed by atoms with Gasteiger partial charge in [0.05, 0.1) is 6.20 Å². The largest absolute Gasteiger partial charge is 0.487 e. The minimum atomic E-state index is 0.441. The van der Waals surface area contributed by atoms with Crippen LogP contribution in [0, 0.1) is 5.92 Å². The fourth-order valence-electron chi connectivity index (χ4n) is 1.87. The van der Waals surface area contributed by atoms with Crippen LogP contribution in [0.15, 0.2) is 30.5 Å². The molecule has 0 radical (unpaired) electrons. The Bertz CT molecular complexity index is 536. The highest BCUT2D eigenvalue weighted by Crippen LogP contribution is 2.14. The fourth-order valence-corrected chi connectivity index (χ4v) is 1.87. The van der Waals surface area contributed by atoms with Gasteiger partial charge in [0.15, 0.2) is 0 Å². The average Bonchev–Trinajstić information content (AvgIpc) is 2.82. The second-order valence-electron chi connectivity index (χ2n) is 5.34. The predicted molar refractivity (Wildman–Crippen MR) is 78.3 cm³/mol. The minimum absolute atomic E-state index is 0.441. The molecule has 2 aromatic rings. The lowest BCUT2D eigenvalue weighted by molar-refractivity contribution is 0.300. The van der Waals surface area contributed by atoms with Gasteiger partial charge in [-0.1, -0.05) is 31.2 Å². The van der Waals surface area contributed by atoms with E-state index in [4.69, 9.17) is 4.74 Å². The third kappa shape index (κ3) is 4.66. The summed E-state index contributed by atoms with van der Waals surface area (Å²) in [4.78, 5) is 0. The molecule has 0 aliphatic rings. The summed E-state index contributed by atoms with van der Waals surface area (Å²) in [6.07, 6.45) is 1.86. The van der Waals surface area contributed by atoms with Crippen LogP contribution in [0.25, 0.3) is 0 Å². The molecule has 20 heavy (non-hydrogen) atoms. The van der Waals surface area contributed by atoms with Crippen LogP contribution in [0.5, 0.6) is 5.75 Å². The summed E-state index contributed by atoms with van der Waals surface area (Å²) < 4.78 is 7.40. The molecule has 0 aliphatic heterocycles. The molecule has 1 aromatic carbocycles. The van der Waals surface area contributed by atoms with E-state index in [1.165, 1.54) is 5.56 Å². The maximum atomic E-state index is 5.73. The van der Waals surface area contributed by atoms with E-state index in [2.05, 4.69) is 41.6 Å². The van der Waals surface area contributed by atoms with Gasteiger partial charge in [-0.25, -0.2) is 0 Å². The van der Waals surface area contributed by atoms with E-state index in [1.54, 1.807) is 4.68 Å². The summed E-state index contributed by atoms with van der Waals surface area (Å²) in [5.41, 5.74) is 2.05. The smallest absolute Gasteiger partial charge is 0.134 e. The van der Waals surface area contributed by atoms with Gasteiger partial charge in [0.25, 0.3) is 0 Å². The van der Waals surface area contributed by atoms with Crippen molar-refractivity contribution in [2.75, 3.05) is 6.54 Å². The number of rotatable bonds is 7. The van der Waals surface area contributed by atoms with Gasteiger partial charge in [0.1, 0.15) is 18.1 Å². The number of nitrogens with zero attached hydrogens (tertiary/aromatic N) is 3. The summed E-state index contributed by atoms with van der Waals surface area (Å²) in [5, 5.41) is 11.3. The standard InChI is InChI=1S/C15H22N4O/c1-12(2)8-16-9-13-5-4-6-15(7-13)20-11-14-10-19(3)18-17-14/h4-7,10,12,16H,8-9,11H2,1-3H3. The van der Waals surface area contributed by atoms with Crippen LogP contribution in [-0.2, 0) is 20.2 Å². The maximum absolute atomic E-state index is 5.73. The molecule has 1 aromatic heterocycles. The topological polar surface area (TPSA) is 52.0 Å². The first-order valence-electron chi connectivity index (χ1n) is 6.91. The van der Waals surface area contributed by atoms with E-state index in [0.717, 1.165) is 24.5 Å². The van der Waals surface area contributed by atoms with Crippen molar-refractivity contribution < 1.29 is 4.74 Å². The first-order valence-corrected chi connectivity index (χ1v) is 6.91. The Hall–Kier alpha value is -1.88. The van der Waals surface area contributed by atoms with E-state index in [0.29, 0.717) is 12.5 Å². The first-order chi connectivity index (χ1) is 9.63. The van der Waals surface area contributed by atoms with Crippen LogP contribution in [0.4, 0.5) is 0 Å². The lowest BCUT2D eigenvalue weighted by Gasteiger charge is -2.09. The zero-order valence-electron chi connectivity index (χ0n) is 12.3. The third-order valence-electron chi connectivity index (χ3n) is 2.82. The highest BCUT2D eigenvalue weighted by atomic mass is 16.5. The molecule has 0 unspecified atom stereocenters. The van der Waals surface area contributed by atoms with Gasteiger partial charge in [-0.15, -0.1) is 5.10 Å². The van der Waals surface area contributed by atoms with Crippen LogP contribution in [-0.4, -0.2) is 21.5 Å². The van der Waals surface area contributed by atoms with Crippen molar-refractivity contribution in [3.63, 3.8) is 0 Å². The van der Waals surface area contributed by atoms with Gasteiger partial charge < -0.3 is 10.1 Å². The molecule has 0 aliphatic carbocycles. The molecule has 0 saturated heterocycles. The van der Waals surface area contributed by atoms with E-state index >= 15 is 0 Å². The Morgan fingerprint density at radius 2 is 2.20 bits per heavy atom. The molecule has 5 nitrogen and oxygen atoms in total. The number of aromatic nitrogens is 3. The highest BCUT2D eigenvalue weighted by Gasteiger charge is 2.01. The van der Waals surface area contributed by atoms with Gasteiger partial charge in [0.2, 0.25) is 0 Å². The molecular formula is C15H22N4O. The van der Waals surface area contributed by atoms with Crippen molar-refractivity contribution in [2.24, 2.45) is 13.0 Å². The molecular weight excluding hydrogens is 252 g/mol. The van der Waals surface area contributed by atoms with Crippen molar-refractivity contribution in [3.8, 4) is 5.75 Å². The summed E-state index contributed by atoms with van der Waals surface area (Å²) in [6.45, 7) is 6.72. The van der Waals surface area contributed by atoms with Crippen molar-refractivity contribution in [2.45, 2.75) is 27.0 Å². The molecule has 0 bridgehead atoms. The average molecular weight is 274 g/mol. The van der Waals surface area contributed by atoms with Gasteiger partial charge >= 0.3 is 0 Å². The molecule has 0 spiro atoms. The van der Waals surface area contributed by atoms with Gasteiger partial charge in [0, 0.05) is 13.6 Å². The lowest BCUT2D eigenvalue weighted by atomic mass is 10.2. The Balaban J connectivity index is 1.85. The lowest BCUT2D eigenvalue weighted by Crippen LogP contribution is -2.18. The normalized spacial score (nSPS) is 11.0. The number of aryl methyl sites for hydroxylation is 1. The van der Waals surface area contributed by atoms with Crippen molar-refractivity contribution in [1.82, 2.24) is 20.3 Å². The van der Waals surface area contributed by atoms with Crippen molar-refractivity contribution in [1.29, 1.82) is 0 Å². The second kappa shape index (κ2) is 7.05. The zero-order valence-corrected chi connectivity index (χ0v) is 12.3. The third-order valence-corrected chi connectivity index (χ3v) is 2.82. The predicted octanol–water partition coefficient (Wildman–Crippen LogP) is 2.14. The Morgan fingerprint density at radius 1 is 1.35 bits per heavy atom. The van der Waals surface area contributed by atoms with Crippen LogP contribution < -0.4 is 10.1 Å². The molecule has 1 heterocycles. The number of hydrogen-bond donors (Lipinski definition) is 1. The molecule has 0 atom stereocenters. The monoisotopic (exact) mass is 274 g/mol. The molecule has 0 amide bonds. The molecule has 108 valence electrons. The highest BCUT2D eigenvalue weighted by molar-refractivity contribution is 5.28. The van der Waals surface area contributed by atoms with Gasteiger partial charge in [-0.3, -0.25) is 4.68 Å². The summed E-state index contributed by atoms with van der Waals surface area (Å²) in [5.74, 6) is 1.52. The van der Waals surface area contributed by atoms with Crippen LogP contribution in [0.1, 0.15) is 25.1 Å². The molecule has 0 fully saturated rings. The molecule has 1 N–H and O–H groups in total. The van der Waals surface area contributed by atoms with Gasteiger partial charge in [-0.2, -0.15) is 0 Å². The first kappa shape index (κ1) is 14.5. The fraction of sp³-hybridized carbons (Fsp3) is 0.467. The number of nitrogens with one attached hydrogen (secondary N) is 1. The second-order valence-corrected chi connectivity index (χ2v) is 5.34. The quantitative estimate of drug-likeness (QED) is 0.840. The molecule has 2 rings (SSSR count). The molecule has 5 heteroatoms. The Labute approximate surface area is 120 Å². The minimum Gasteiger partial charge on any atom is -0.487 e. The van der Waals surface area contributed by atoms with E-state index < -0.39 is 0 Å². The number of hydrogen-bond acceptors (Lipinski definition) is 4. The van der Waals surface area contributed by atoms with Crippen LogP contribution >= 0.6 is 0 Å². The molecule has 0 saturated carbocycles. The van der Waals surface area contributed by atoms with Crippen molar-refractivity contribution >= 4 is 0 Å². The maximum Gasteiger partial charge on any atom is 0.134 e. The number of ether oxygens (including phenoxy) is 1. The zero-order chi connectivity index (χ0) is 14.4. The van der Waals surface area contributed by atoms with E-state index in [-0.39, 0.29) is 0 Å². The van der Waals surface area contributed by atoms with E-state index in [1.807, 2.05) is 25.4 Å². The van der Waals surface area contributed by atoms with Gasteiger partial charge in [-0.05, 0) is 30.2 Å². The summed E-state index contributed by atoms with van der Waals surface area (Å²) in [6, 6.07) is 8.13. The Morgan fingerprint density at radius 3 is 2.90 bits per heavy atom. The van der Waals surface area contributed by atoms with Crippen LogP contribution in [0.2, 0.25) is 0 Å². The van der Waals surface area contributed by atoms with E-state index in [9.17, 15) is 0 Å². The summed E-state index contributed by atoms with van der Waals surface area (Å²) >= 11 is 0. The summed E-state index contributed by atoms with van der Waals surface area (Å²) in [7, 11) is 1.84. The van der Waals surface area contributed by atoms with Crippen molar-refractivity contribution in [3.05, 3.63) is 41.7 Å². The number of benzene rings is 1. The SMILES string of the molecule is CC(C)CNCc1cccc(OCc2cn(C)nn2)c1.